The number of benzene rings is 1. The summed E-state index contributed by atoms with van der Waals surface area (Å²) >= 11 is 0. The Hall–Kier alpha value is -2.82. The van der Waals surface area contributed by atoms with Crippen LogP contribution in [0.5, 0.6) is 5.75 Å². The summed E-state index contributed by atoms with van der Waals surface area (Å²) in [5.41, 5.74) is 3.53. The molecule has 0 aliphatic carbocycles. The Balaban J connectivity index is 1.64. The molecule has 1 aliphatic rings. The average Bonchev–Trinajstić information content (AvgIpc) is 3.29. The molecule has 5 nitrogen and oxygen atoms in total. The summed E-state index contributed by atoms with van der Waals surface area (Å²) in [6, 6.07) is 14.0. The number of fused-ring (bicyclic) bond motifs is 1. The number of pyridine rings is 1. The number of amides is 1. The molecule has 0 unspecified atom stereocenters. The first-order valence-corrected chi connectivity index (χ1v) is 8.57. The lowest BCUT2D eigenvalue weighted by Crippen LogP contribution is -2.30. The molecule has 1 atom stereocenters. The number of aryl methyl sites for hydroxylation is 1. The van der Waals surface area contributed by atoms with Crippen molar-refractivity contribution in [3.8, 4) is 5.75 Å². The predicted octanol–water partition coefficient (Wildman–Crippen LogP) is 3.63. The van der Waals surface area contributed by atoms with E-state index in [-0.39, 0.29) is 11.9 Å². The zero-order valence-corrected chi connectivity index (χ0v) is 14.5. The number of likely N-dealkylation sites (tertiary alicyclic amines) is 1. The second kappa shape index (κ2) is 6.24. The van der Waals surface area contributed by atoms with Crippen molar-refractivity contribution >= 4 is 11.6 Å². The van der Waals surface area contributed by atoms with Gasteiger partial charge in [-0.1, -0.05) is 18.2 Å². The number of methoxy groups -OCH3 is 1. The fourth-order valence-corrected chi connectivity index (χ4v) is 3.58. The lowest BCUT2D eigenvalue weighted by Gasteiger charge is -2.24. The summed E-state index contributed by atoms with van der Waals surface area (Å²) in [7, 11) is 1.66. The number of carbonyl (C=O) groups excluding carboxylic acids is 1. The van der Waals surface area contributed by atoms with E-state index in [0.717, 1.165) is 42.0 Å². The van der Waals surface area contributed by atoms with Crippen molar-refractivity contribution in [1.29, 1.82) is 0 Å². The maximum atomic E-state index is 13.1. The van der Waals surface area contributed by atoms with Gasteiger partial charge in [-0.15, -0.1) is 0 Å². The Labute approximate surface area is 146 Å². The zero-order valence-electron chi connectivity index (χ0n) is 14.5. The van der Waals surface area contributed by atoms with Crippen molar-refractivity contribution in [2.45, 2.75) is 25.8 Å². The van der Waals surface area contributed by atoms with Gasteiger partial charge in [0.2, 0.25) is 0 Å². The van der Waals surface area contributed by atoms with Gasteiger partial charge in [0.05, 0.1) is 13.2 Å². The summed E-state index contributed by atoms with van der Waals surface area (Å²) in [5.74, 6) is 0.830. The highest BCUT2D eigenvalue weighted by Gasteiger charge is 2.31. The molecule has 2 aromatic heterocycles. The number of aromatic nitrogens is 2. The van der Waals surface area contributed by atoms with Crippen LogP contribution < -0.4 is 4.74 Å². The average molecular weight is 335 g/mol. The molecule has 1 aromatic carbocycles. The highest BCUT2D eigenvalue weighted by molar-refractivity contribution is 5.93. The van der Waals surface area contributed by atoms with Crippen LogP contribution in [0, 0.1) is 6.92 Å². The normalized spacial score (nSPS) is 17.2. The van der Waals surface area contributed by atoms with Gasteiger partial charge in [-0.2, -0.15) is 0 Å². The van der Waals surface area contributed by atoms with Crippen LogP contribution in [0.4, 0.5) is 0 Å². The third kappa shape index (κ3) is 2.76. The molecule has 25 heavy (non-hydrogen) atoms. The number of hydrogen-bond donors (Lipinski definition) is 0. The number of carbonyl (C=O) groups is 1. The monoisotopic (exact) mass is 335 g/mol. The van der Waals surface area contributed by atoms with Gasteiger partial charge in [0.15, 0.2) is 0 Å². The molecule has 1 aliphatic heterocycles. The van der Waals surface area contributed by atoms with Crippen LogP contribution in [0.15, 0.2) is 48.7 Å². The van der Waals surface area contributed by atoms with Crippen LogP contribution in [0.2, 0.25) is 0 Å². The van der Waals surface area contributed by atoms with Crippen LogP contribution >= 0.6 is 0 Å². The van der Waals surface area contributed by atoms with Crippen LogP contribution in [0.25, 0.3) is 5.65 Å². The standard InChI is InChI=1S/C20H21N3O2/c1-14-5-3-7-19-21-17(13-23(14)19)20(24)22-12-4-6-18(22)15-8-10-16(25-2)11-9-15/h3,5,7-11,13,18H,4,6,12H2,1-2H3/t18-/m1/s1. The zero-order chi connectivity index (χ0) is 17.4. The van der Waals surface area contributed by atoms with Gasteiger partial charge in [-0.3, -0.25) is 4.79 Å². The van der Waals surface area contributed by atoms with E-state index in [1.165, 1.54) is 0 Å². The Kier molecular flexibility index (Phi) is 3.92. The first-order chi connectivity index (χ1) is 12.2. The van der Waals surface area contributed by atoms with Crippen molar-refractivity contribution in [2.24, 2.45) is 0 Å². The minimum absolute atomic E-state index is 0.00131. The van der Waals surface area contributed by atoms with E-state index in [0.29, 0.717) is 5.69 Å². The maximum absolute atomic E-state index is 13.1. The second-order valence-corrected chi connectivity index (χ2v) is 6.45. The molecule has 5 heteroatoms. The molecule has 4 rings (SSSR count). The largest absolute Gasteiger partial charge is 0.497 e. The molecule has 0 bridgehead atoms. The highest BCUT2D eigenvalue weighted by atomic mass is 16.5. The molecule has 3 aromatic rings. The van der Waals surface area contributed by atoms with Gasteiger partial charge < -0.3 is 14.0 Å². The quantitative estimate of drug-likeness (QED) is 0.734. The summed E-state index contributed by atoms with van der Waals surface area (Å²) < 4.78 is 7.19. The summed E-state index contributed by atoms with van der Waals surface area (Å²) in [4.78, 5) is 19.5. The topological polar surface area (TPSA) is 46.8 Å². The lowest BCUT2D eigenvalue weighted by molar-refractivity contribution is 0.0730. The number of hydrogen-bond acceptors (Lipinski definition) is 3. The molecular weight excluding hydrogens is 314 g/mol. The van der Waals surface area contributed by atoms with Crippen molar-refractivity contribution < 1.29 is 9.53 Å². The number of rotatable bonds is 3. The molecule has 0 spiro atoms. The van der Waals surface area contributed by atoms with E-state index in [2.05, 4.69) is 4.98 Å². The summed E-state index contributed by atoms with van der Waals surface area (Å²) in [6.07, 6.45) is 3.83. The Morgan fingerprint density at radius 2 is 2.00 bits per heavy atom. The minimum atomic E-state index is 0.00131. The Bertz CT molecular complexity index is 914. The Morgan fingerprint density at radius 3 is 2.72 bits per heavy atom. The molecule has 1 saturated heterocycles. The van der Waals surface area contributed by atoms with Crippen LogP contribution in [0.3, 0.4) is 0 Å². The van der Waals surface area contributed by atoms with Gasteiger partial charge in [0, 0.05) is 18.4 Å². The number of imidazole rings is 1. The van der Waals surface area contributed by atoms with E-state index in [1.807, 2.05) is 64.9 Å². The molecule has 3 heterocycles. The molecule has 1 fully saturated rings. The SMILES string of the molecule is COc1ccc([C@H]2CCCN2C(=O)c2cn3c(C)cccc3n2)cc1. The third-order valence-electron chi connectivity index (χ3n) is 4.93. The van der Waals surface area contributed by atoms with Crippen LogP contribution in [-0.4, -0.2) is 33.8 Å². The molecule has 0 saturated carbocycles. The van der Waals surface area contributed by atoms with Crippen LogP contribution in [-0.2, 0) is 0 Å². The Morgan fingerprint density at radius 1 is 1.20 bits per heavy atom. The molecule has 0 N–H and O–H groups in total. The van der Waals surface area contributed by atoms with Gasteiger partial charge in [-0.05, 0) is 49.6 Å². The molecule has 128 valence electrons. The van der Waals surface area contributed by atoms with E-state index < -0.39 is 0 Å². The molecule has 0 radical (unpaired) electrons. The lowest BCUT2D eigenvalue weighted by atomic mass is 10.0. The predicted molar refractivity (Wildman–Crippen MR) is 95.9 cm³/mol. The minimum Gasteiger partial charge on any atom is -0.497 e. The number of ether oxygens (including phenoxy) is 1. The van der Waals surface area contributed by atoms with Crippen molar-refractivity contribution in [3.05, 3.63) is 65.6 Å². The van der Waals surface area contributed by atoms with Crippen molar-refractivity contribution in [1.82, 2.24) is 14.3 Å². The number of nitrogens with zero attached hydrogens (tertiary/aromatic N) is 3. The van der Waals surface area contributed by atoms with Crippen LogP contribution in [0.1, 0.15) is 40.6 Å². The maximum Gasteiger partial charge on any atom is 0.274 e. The smallest absolute Gasteiger partial charge is 0.274 e. The fourth-order valence-electron chi connectivity index (χ4n) is 3.58. The summed E-state index contributed by atoms with van der Waals surface area (Å²) in [6.45, 7) is 2.78. The second-order valence-electron chi connectivity index (χ2n) is 6.45. The third-order valence-corrected chi connectivity index (χ3v) is 4.93. The van der Waals surface area contributed by atoms with Gasteiger partial charge in [0.1, 0.15) is 17.1 Å². The van der Waals surface area contributed by atoms with E-state index in [4.69, 9.17) is 4.74 Å². The highest BCUT2D eigenvalue weighted by Crippen LogP contribution is 2.33. The van der Waals surface area contributed by atoms with Crippen molar-refractivity contribution in [3.63, 3.8) is 0 Å². The van der Waals surface area contributed by atoms with Crippen molar-refractivity contribution in [2.75, 3.05) is 13.7 Å². The van der Waals surface area contributed by atoms with Gasteiger partial charge in [0.25, 0.3) is 5.91 Å². The molecular formula is C20H21N3O2. The fraction of sp³-hybridized carbons (Fsp3) is 0.300. The van der Waals surface area contributed by atoms with E-state index >= 15 is 0 Å². The van der Waals surface area contributed by atoms with E-state index in [9.17, 15) is 4.79 Å². The first kappa shape index (κ1) is 15.7. The first-order valence-electron chi connectivity index (χ1n) is 8.57. The van der Waals surface area contributed by atoms with E-state index in [1.54, 1.807) is 7.11 Å². The van der Waals surface area contributed by atoms with Gasteiger partial charge >= 0.3 is 0 Å². The van der Waals surface area contributed by atoms with Gasteiger partial charge in [-0.25, -0.2) is 4.98 Å². The summed E-state index contributed by atoms with van der Waals surface area (Å²) in [5, 5.41) is 0. The molecule has 1 amide bonds.